The number of hydrogen-bond donors (Lipinski definition) is 2. The monoisotopic (exact) mass is 293 g/mol. The number of carboxylic acid groups (broad SMARTS) is 1. The Morgan fingerprint density at radius 3 is 1.80 bits per heavy atom. The molecule has 1 heterocycles. The first-order valence-electron chi connectivity index (χ1n) is 6.83. The Labute approximate surface area is 114 Å². The summed E-state index contributed by atoms with van der Waals surface area (Å²) in [6, 6.07) is 0. The van der Waals surface area contributed by atoms with Gasteiger partial charge in [0, 0.05) is 11.8 Å². The van der Waals surface area contributed by atoms with Crippen LogP contribution in [0.5, 0.6) is 0 Å². The zero-order valence-electron chi connectivity index (χ0n) is 10.9. The number of halogens is 3. The van der Waals surface area contributed by atoms with E-state index in [2.05, 4.69) is 5.32 Å². The van der Waals surface area contributed by atoms with Crippen molar-refractivity contribution in [1.29, 1.82) is 0 Å². The lowest BCUT2D eigenvalue weighted by Gasteiger charge is -2.08. The molecular formula is C13H18F3NO3. The van der Waals surface area contributed by atoms with Gasteiger partial charge < -0.3 is 10.4 Å². The predicted molar refractivity (Wildman–Crippen MR) is 64.0 cm³/mol. The van der Waals surface area contributed by atoms with Crippen molar-refractivity contribution < 1.29 is 27.9 Å². The van der Waals surface area contributed by atoms with Crippen LogP contribution in [0, 0.1) is 23.7 Å². The number of carboxylic acids is 1. The third-order valence-corrected chi connectivity index (χ3v) is 4.28. The van der Waals surface area contributed by atoms with Crippen molar-refractivity contribution in [2.24, 2.45) is 23.7 Å². The second-order valence-electron chi connectivity index (χ2n) is 5.83. The van der Waals surface area contributed by atoms with Crippen molar-refractivity contribution in [2.75, 3.05) is 13.1 Å². The third-order valence-electron chi connectivity index (χ3n) is 4.28. The second-order valence-corrected chi connectivity index (χ2v) is 5.83. The average Bonchev–Trinajstić information content (AvgIpc) is 2.96. The van der Waals surface area contributed by atoms with Gasteiger partial charge in [-0.3, -0.25) is 4.79 Å². The lowest BCUT2D eigenvalue weighted by molar-refractivity contribution is -0.192. The van der Waals surface area contributed by atoms with E-state index in [1.807, 2.05) is 0 Å². The maximum absolute atomic E-state index is 11.8. The van der Waals surface area contributed by atoms with E-state index in [4.69, 9.17) is 9.90 Å². The van der Waals surface area contributed by atoms with Crippen molar-refractivity contribution in [1.82, 2.24) is 5.32 Å². The molecule has 0 spiro atoms. The zero-order valence-corrected chi connectivity index (χ0v) is 10.9. The zero-order chi connectivity index (χ0) is 14.9. The number of hydrogen-bond acceptors (Lipinski definition) is 3. The molecule has 0 aromatic heterocycles. The van der Waals surface area contributed by atoms with E-state index in [1.54, 1.807) is 0 Å². The third kappa shape index (κ3) is 3.71. The normalized spacial score (nSPS) is 29.6. The minimum absolute atomic E-state index is 0.449. The molecule has 0 unspecified atom stereocenters. The number of ketones is 1. The van der Waals surface area contributed by atoms with E-state index in [0.29, 0.717) is 17.6 Å². The van der Waals surface area contributed by atoms with E-state index < -0.39 is 12.1 Å². The van der Waals surface area contributed by atoms with Gasteiger partial charge in [-0.1, -0.05) is 0 Å². The van der Waals surface area contributed by atoms with Gasteiger partial charge in [-0.2, -0.15) is 13.2 Å². The molecule has 1 saturated heterocycles. The highest BCUT2D eigenvalue weighted by atomic mass is 19.4. The molecule has 1 aliphatic heterocycles. The summed E-state index contributed by atoms with van der Waals surface area (Å²) in [6.07, 6.45) is -0.341. The number of carbonyl (C=O) groups excluding carboxylic acids is 1. The van der Waals surface area contributed by atoms with Gasteiger partial charge in [0.2, 0.25) is 0 Å². The molecule has 3 aliphatic rings. The molecule has 2 aliphatic carbocycles. The van der Waals surface area contributed by atoms with Crippen LogP contribution in [0.4, 0.5) is 13.2 Å². The second kappa shape index (κ2) is 5.71. The van der Waals surface area contributed by atoms with E-state index in [0.717, 1.165) is 11.8 Å². The summed E-state index contributed by atoms with van der Waals surface area (Å²) in [6.45, 7) is 2.33. The summed E-state index contributed by atoms with van der Waals surface area (Å²) >= 11 is 0. The van der Waals surface area contributed by atoms with Gasteiger partial charge in [0.15, 0.2) is 0 Å². The van der Waals surface area contributed by atoms with Crippen molar-refractivity contribution in [2.45, 2.75) is 31.9 Å². The molecule has 4 nitrogen and oxygen atoms in total. The topological polar surface area (TPSA) is 66.4 Å². The Hall–Kier alpha value is -1.11. The van der Waals surface area contributed by atoms with Gasteiger partial charge in [0.25, 0.3) is 0 Å². The van der Waals surface area contributed by atoms with Gasteiger partial charge in [-0.05, 0) is 50.6 Å². The number of aliphatic carboxylic acids is 1. The van der Waals surface area contributed by atoms with Crippen LogP contribution in [0.1, 0.15) is 25.7 Å². The first-order chi connectivity index (χ1) is 9.29. The van der Waals surface area contributed by atoms with Crippen molar-refractivity contribution in [3.05, 3.63) is 0 Å². The van der Waals surface area contributed by atoms with Crippen LogP contribution >= 0.6 is 0 Å². The largest absolute Gasteiger partial charge is 0.490 e. The fraction of sp³-hybridized carbons (Fsp3) is 0.846. The van der Waals surface area contributed by atoms with E-state index in [1.165, 1.54) is 38.8 Å². The standard InChI is InChI=1S/C11H17NO.C2HF3O2/c13-11(7-1-2-7)8-3-9-5-12-6-10(9)4-8;3-2(4,5)1(6)7/h7-10,12H,1-6H2;(H,6,7)/t9-,10-;/m0./s1. The SMILES string of the molecule is O=C(C1CC1)C1C[C@H]2CNC[C@@H]2C1.O=C(O)C(F)(F)F. The lowest BCUT2D eigenvalue weighted by Crippen LogP contribution is -2.21. The summed E-state index contributed by atoms with van der Waals surface area (Å²) in [5, 5.41) is 10.5. The summed E-state index contributed by atoms with van der Waals surface area (Å²) < 4.78 is 31.7. The average molecular weight is 293 g/mol. The van der Waals surface area contributed by atoms with Crippen LogP contribution in [-0.2, 0) is 9.59 Å². The molecule has 0 radical (unpaired) electrons. The minimum Gasteiger partial charge on any atom is -0.475 e. The quantitative estimate of drug-likeness (QED) is 0.815. The molecule has 3 fully saturated rings. The summed E-state index contributed by atoms with van der Waals surface area (Å²) in [5.74, 6) is 0.434. The molecule has 0 amide bonds. The van der Waals surface area contributed by atoms with E-state index >= 15 is 0 Å². The van der Waals surface area contributed by atoms with Crippen molar-refractivity contribution in [3.8, 4) is 0 Å². The molecule has 3 rings (SSSR count). The summed E-state index contributed by atoms with van der Waals surface area (Å²) in [7, 11) is 0. The Kier molecular flexibility index (Phi) is 4.36. The maximum atomic E-state index is 11.8. The smallest absolute Gasteiger partial charge is 0.475 e. The molecule has 0 aromatic carbocycles. The number of carbonyl (C=O) groups is 2. The van der Waals surface area contributed by atoms with Gasteiger partial charge in [0.1, 0.15) is 5.78 Å². The van der Waals surface area contributed by atoms with Gasteiger partial charge >= 0.3 is 12.1 Å². The van der Waals surface area contributed by atoms with Gasteiger partial charge in [0.05, 0.1) is 0 Å². The first-order valence-corrected chi connectivity index (χ1v) is 6.83. The van der Waals surface area contributed by atoms with Crippen LogP contribution in [0.3, 0.4) is 0 Å². The molecule has 2 N–H and O–H groups in total. The lowest BCUT2D eigenvalue weighted by atomic mass is 9.97. The molecule has 114 valence electrons. The van der Waals surface area contributed by atoms with Crippen LogP contribution in [0.25, 0.3) is 0 Å². The summed E-state index contributed by atoms with van der Waals surface area (Å²) in [4.78, 5) is 20.7. The predicted octanol–water partition coefficient (Wildman–Crippen LogP) is 1.84. The Balaban J connectivity index is 0.000000182. The summed E-state index contributed by atoms with van der Waals surface area (Å²) in [5.41, 5.74) is 0. The van der Waals surface area contributed by atoms with Crippen molar-refractivity contribution >= 4 is 11.8 Å². The Morgan fingerprint density at radius 1 is 1.00 bits per heavy atom. The fourth-order valence-corrected chi connectivity index (χ4v) is 3.10. The number of fused-ring (bicyclic) bond motifs is 1. The number of Topliss-reactive ketones (excluding diaryl/α,β-unsaturated/α-hetero) is 1. The van der Waals surface area contributed by atoms with Crippen molar-refractivity contribution in [3.63, 3.8) is 0 Å². The van der Waals surface area contributed by atoms with Gasteiger partial charge in [-0.25, -0.2) is 4.79 Å². The maximum Gasteiger partial charge on any atom is 0.490 e. The molecule has 0 aromatic rings. The Bertz CT molecular complexity index is 381. The minimum atomic E-state index is -5.08. The molecule has 7 heteroatoms. The highest BCUT2D eigenvalue weighted by Crippen LogP contribution is 2.43. The van der Waals surface area contributed by atoms with E-state index in [-0.39, 0.29) is 0 Å². The molecule has 2 saturated carbocycles. The van der Waals surface area contributed by atoms with E-state index in [9.17, 15) is 18.0 Å². The molecule has 0 bridgehead atoms. The highest BCUT2D eigenvalue weighted by molar-refractivity contribution is 5.85. The molecule has 2 atom stereocenters. The van der Waals surface area contributed by atoms with Crippen LogP contribution in [0.2, 0.25) is 0 Å². The molecular weight excluding hydrogens is 275 g/mol. The van der Waals surface area contributed by atoms with Crippen LogP contribution < -0.4 is 5.32 Å². The van der Waals surface area contributed by atoms with Gasteiger partial charge in [-0.15, -0.1) is 0 Å². The number of alkyl halides is 3. The number of nitrogens with one attached hydrogen (secondary N) is 1. The Morgan fingerprint density at radius 2 is 1.45 bits per heavy atom. The van der Waals surface area contributed by atoms with Crippen LogP contribution in [-0.4, -0.2) is 36.1 Å². The molecule has 20 heavy (non-hydrogen) atoms. The van der Waals surface area contributed by atoms with Crippen LogP contribution in [0.15, 0.2) is 0 Å². The number of rotatable bonds is 2. The fourth-order valence-electron chi connectivity index (χ4n) is 3.10. The first kappa shape index (κ1) is 15.3. The highest BCUT2D eigenvalue weighted by Gasteiger charge is 2.43.